The SMILES string of the molecule is C[NH2+]C1CCCC1. The molecule has 0 aliphatic heterocycles. The Balaban J connectivity index is 2.14. The first-order valence-electron chi connectivity index (χ1n) is 3.23. The van der Waals surface area contributed by atoms with Crippen LogP contribution in [0.1, 0.15) is 25.7 Å². The highest BCUT2D eigenvalue weighted by atomic mass is 14.9. The molecule has 0 heterocycles. The molecule has 2 N–H and O–H groups in total. The molecule has 1 rings (SSSR count). The van der Waals surface area contributed by atoms with E-state index in [4.69, 9.17) is 0 Å². The standard InChI is InChI=1S/C6H13N/c1-7-6-4-2-3-5-6/h6-7H,2-5H2,1H3/p+1. The number of quaternary nitrogens is 1. The summed E-state index contributed by atoms with van der Waals surface area (Å²) in [6.07, 6.45) is 5.84. The van der Waals surface area contributed by atoms with Crippen molar-refractivity contribution in [2.45, 2.75) is 31.7 Å². The topological polar surface area (TPSA) is 16.6 Å². The molecule has 1 fully saturated rings. The summed E-state index contributed by atoms with van der Waals surface area (Å²) in [5.41, 5.74) is 0. The van der Waals surface area contributed by atoms with Crippen LogP contribution in [0, 0.1) is 0 Å². The third-order valence-corrected chi connectivity index (χ3v) is 1.87. The molecule has 1 nitrogen and oxygen atoms in total. The Morgan fingerprint density at radius 3 is 2.14 bits per heavy atom. The van der Waals surface area contributed by atoms with Crippen LogP contribution in [0.5, 0.6) is 0 Å². The van der Waals surface area contributed by atoms with Gasteiger partial charge in [0.25, 0.3) is 0 Å². The molecule has 0 unspecified atom stereocenters. The first-order chi connectivity index (χ1) is 3.43. The minimum Gasteiger partial charge on any atom is -0.346 e. The molecule has 1 heteroatoms. The average Bonchev–Trinajstić information content (AvgIpc) is 2.14. The zero-order valence-electron chi connectivity index (χ0n) is 4.98. The molecule has 0 aromatic rings. The third-order valence-electron chi connectivity index (χ3n) is 1.87. The van der Waals surface area contributed by atoms with Crippen molar-refractivity contribution < 1.29 is 5.32 Å². The number of nitrogens with two attached hydrogens (primary N) is 1. The van der Waals surface area contributed by atoms with Crippen molar-refractivity contribution in [1.29, 1.82) is 0 Å². The maximum Gasteiger partial charge on any atom is 0.0857 e. The van der Waals surface area contributed by atoms with Gasteiger partial charge in [-0.2, -0.15) is 0 Å². The molecule has 7 heavy (non-hydrogen) atoms. The second-order valence-corrected chi connectivity index (χ2v) is 2.38. The molecular formula is C6H14N+. The Bertz CT molecular complexity index is 46.1. The van der Waals surface area contributed by atoms with Crippen LogP contribution in [0.25, 0.3) is 0 Å². The fourth-order valence-corrected chi connectivity index (χ4v) is 1.29. The lowest BCUT2D eigenvalue weighted by Crippen LogP contribution is -2.85. The van der Waals surface area contributed by atoms with Crippen molar-refractivity contribution >= 4 is 0 Å². The Kier molecular flexibility index (Phi) is 1.69. The van der Waals surface area contributed by atoms with Crippen LogP contribution in [0.4, 0.5) is 0 Å². The van der Waals surface area contributed by atoms with Crippen molar-refractivity contribution in [1.82, 2.24) is 0 Å². The van der Waals surface area contributed by atoms with E-state index in [0.29, 0.717) is 0 Å². The van der Waals surface area contributed by atoms with Gasteiger partial charge in [0.05, 0.1) is 13.1 Å². The summed E-state index contributed by atoms with van der Waals surface area (Å²) in [4.78, 5) is 0. The quantitative estimate of drug-likeness (QED) is 0.482. The van der Waals surface area contributed by atoms with Crippen molar-refractivity contribution in [2.24, 2.45) is 0 Å². The Labute approximate surface area is 45.1 Å². The third kappa shape index (κ3) is 1.16. The Morgan fingerprint density at radius 2 is 1.86 bits per heavy atom. The van der Waals surface area contributed by atoms with Gasteiger partial charge in [-0.05, 0) is 25.7 Å². The zero-order chi connectivity index (χ0) is 5.11. The van der Waals surface area contributed by atoms with Gasteiger partial charge >= 0.3 is 0 Å². The van der Waals surface area contributed by atoms with Crippen LogP contribution < -0.4 is 5.32 Å². The fraction of sp³-hybridized carbons (Fsp3) is 1.00. The molecule has 0 saturated heterocycles. The van der Waals surface area contributed by atoms with Gasteiger partial charge in [0.15, 0.2) is 0 Å². The van der Waals surface area contributed by atoms with Gasteiger partial charge in [0, 0.05) is 0 Å². The molecule has 0 spiro atoms. The smallest absolute Gasteiger partial charge is 0.0857 e. The Morgan fingerprint density at radius 1 is 1.29 bits per heavy atom. The molecule has 1 aliphatic carbocycles. The molecule has 0 aromatic heterocycles. The van der Waals surface area contributed by atoms with E-state index in [2.05, 4.69) is 12.4 Å². The van der Waals surface area contributed by atoms with Crippen molar-refractivity contribution in [2.75, 3.05) is 7.05 Å². The summed E-state index contributed by atoms with van der Waals surface area (Å²) < 4.78 is 0. The predicted molar refractivity (Wildman–Crippen MR) is 30.1 cm³/mol. The molecule has 1 aliphatic rings. The van der Waals surface area contributed by atoms with Crippen LogP contribution in [-0.4, -0.2) is 13.1 Å². The number of rotatable bonds is 1. The highest BCUT2D eigenvalue weighted by Crippen LogP contribution is 2.13. The molecule has 1 saturated carbocycles. The van der Waals surface area contributed by atoms with Crippen LogP contribution in [0.3, 0.4) is 0 Å². The second kappa shape index (κ2) is 2.31. The van der Waals surface area contributed by atoms with E-state index in [0.717, 1.165) is 6.04 Å². The highest BCUT2D eigenvalue weighted by molar-refractivity contribution is 4.62. The minimum absolute atomic E-state index is 0.972. The van der Waals surface area contributed by atoms with Gasteiger partial charge in [0.1, 0.15) is 0 Å². The molecule has 0 bridgehead atoms. The van der Waals surface area contributed by atoms with E-state index in [1.807, 2.05) is 0 Å². The molecule has 42 valence electrons. The van der Waals surface area contributed by atoms with E-state index >= 15 is 0 Å². The minimum atomic E-state index is 0.972. The lowest BCUT2D eigenvalue weighted by molar-refractivity contribution is -0.662. The maximum atomic E-state index is 2.34. The van der Waals surface area contributed by atoms with Crippen molar-refractivity contribution in [3.05, 3.63) is 0 Å². The highest BCUT2D eigenvalue weighted by Gasteiger charge is 2.14. The predicted octanol–water partition coefficient (Wildman–Crippen LogP) is 0.122. The molecule has 0 radical (unpaired) electrons. The van der Waals surface area contributed by atoms with Gasteiger partial charge in [-0.3, -0.25) is 0 Å². The average molecular weight is 100 g/mol. The monoisotopic (exact) mass is 100 g/mol. The summed E-state index contributed by atoms with van der Waals surface area (Å²) in [7, 11) is 2.18. The van der Waals surface area contributed by atoms with Crippen LogP contribution >= 0.6 is 0 Å². The fourth-order valence-electron chi connectivity index (χ4n) is 1.29. The second-order valence-electron chi connectivity index (χ2n) is 2.38. The van der Waals surface area contributed by atoms with Gasteiger partial charge in [-0.1, -0.05) is 0 Å². The van der Waals surface area contributed by atoms with Crippen LogP contribution in [0.2, 0.25) is 0 Å². The van der Waals surface area contributed by atoms with E-state index < -0.39 is 0 Å². The van der Waals surface area contributed by atoms with Crippen molar-refractivity contribution in [3.63, 3.8) is 0 Å². The van der Waals surface area contributed by atoms with Gasteiger partial charge in [0.2, 0.25) is 0 Å². The molecular weight excluding hydrogens is 86.1 g/mol. The summed E-state index contributed by atoms with van der Waals surface area (Å²) in [5.74, 6) is 0. The molecule has 0 amide bonds. The lowest BCUT2D eigenvalue weighted by Gasteiger charge is -1.99. The zero-order valence-corrected chi connectivity index (χ0v) is 4.98. The first-order valence-corrected chi connectivity index (χ1v) is 3.23. The first kappa shape index (κ1) is 5.10. The number of hydrogen-bond donors (Lipinski definition) is 1. The maximum absolute atomic E-state index is 2.34. The van der Waals surface area contributed by atoms with Gasteiger partial charge in [-0.25, -0.2) is 0 Å². The van der Waals surface area contributed by atoms with E-state index in [-0.39, 0.29) is 0 Å². The summed E-state index contributed by atoms with van der Waals surface area (Å²) in [6.45, 7) is 0. The van der Waals surface area contributed by atoms with E-state index in [1.54, 1.807) is 0 Å². The summed E-state index contributed by atoms with van der Waals surface area (Å²) in [6, 6.07) is 0.972. The van der Waals surface area contributed by atoms with Gasteiger partial charge in [-0.15, -0.1) is 0 Å². The van der Waals surface area contributed by atoms with E-state index in [9.17, 15) is 0 Å². The molecule has 0 aromatic carbocycles. The lowest BCUT2D eigenvalue weighted by atomic mass is 10.3. The normalized spacial score (nSPS) is 23.6. The molecule has 0 atom stereocenters. The number of hydrogen-bond acceptors (Lipinski definition) is 0. The summed E-state index contributed by atoms with van der Waals surface area (Å²) >= 11 is 0. The van der Waals surface area contributed by atoms with Gasteiger partial charge < -0.3 is 5.32 Å². The van der Waals surface area contributed by atoms with E-state index in [1.165, 1.54) is 25.7 Å². The Hall–Kier alpha value is -0.0400. The largest absolute Gasteiger partial charge is 0.346 e. The van der Waals surface area contributed by atoms with Crippen LogP contribution in [-0.2, 0) is 0 Å². The van der Waals surface area contributed by atoms with Crippen molar-refractivity contribution in [3.8, 4) is 0 Å². The van der Waals surface area contributed by atoms with Crippen LogP contribution in [0.15, 0.2) is 0 Å². The summed E-state index contributed by atoms with van der Waals surface area (Å²) in [5, 5.41) is 2.34.